The van der Waals surface area contributed by atoms with E-state index < -0.39 is 0 Å². The van der Waals surface area contributed by atoms with E-state index in [1.54, 1.807) is 0 Å². The third-order valence-corrected chi connectivity index (χ3v) is 18.1. The third-order valence-electron chi connectivity index (χ3n) is 18.1. The molecule has 0 atom stereocenters. The number of aromatic nitrogens is 1. The molecule has 8 aliphatic carbocycles. The Hall–Kier alpha value is -4.81. The molecule has 67 heavy (non-hydrogen) atoms. The molecule has 0 unspecified atom stereocenters. The molecule has 8 aliphatic rings. The molecule has 0 amide bonds. The van der Waals surface area contributed by atoms with Crippen LogP contribution >= 0.6 is 0 Å². The Labute approximate surface area is 402 Å². The van der Waals surface area contributed by atoms with Crippen LogP contribution in [0.3, 0.4) is 0 Å². The number of pyridine rings is 1. The van der Waals surface area contributed by atoms with E-state index in [1.165, 1.54) is 112 Å². The van der Waals surface area contributed by atoms with E-state index in [2.05, 4.69) is 145 Å². The monoisotopic (exact) mass is 890 g/mol. The number of unbranched alkanes of at least 4 members (excludes halogenated alkanes) is 3. The highest BCUT2D eigenvalue weighted by Crippen LogP contribution is 2.64. The molecule has 3 heteroatoms. The van der Waals surface area contributed by atoms with Crippen molar-refractivity contribution in [1.29, 1.82) is 0 Å². The summed E-state index contributed by atoms with van der Waals surface area (Å²) >= 11 is 0. The first kappa shape index (κ1) is 44.7. The van der Waals surface area contributed by atoms with E-state index in [1.807, 2.05) is 0 Å². The van der Waals surface area contributed by atoms with Crippen molar-refractivity contribution in [2.45, 2.75) is 173 Å². The largest absolute Gasteiger partial charge is 0.507 e. The van der Waals surface area contributed by atoms with Crippen LogP contribution in [-0.2, 0) is 21.7 Å². The van der Waals surface area contributed by atoms with Gasteiger partial charge in [0.1, 0.15) is 11.5 Å². The summed E-state index contributed by atoms with van der Waals surface area (Å²) in [5.41, 5.74) is 13.3. The van der Waals surface area contributed by atoms with Crippen LogP contribution < -0.4 is 0 Å². The van der Waals surface area contributed by atoms with Crippen molar-refractivity contribution in [3.8, 4) is 68.1 Å². The third kappa shape index (κ3) is 8.15. The van der Waals surface area contributed by atoms with E-state index >= 15 is 0 Å². The Morgan fingerprint density at radius 1 is 0.507 bits per heavy atom. The standard InChI is InChI=1S/C64H75NO2/c1-8-9-10-11-12-17-40-28-57(51-20-15-13-18-49(51)53-30-47(61(2,3)4)32-55(59(53)66)63-34-41-22-42(35-63)24-43(23-41)36-63)65-58(29-40)52-21-16-14-19-50(52)54-31-48(62(5,6)7)33-56(60(54)67)64-37-44-25-45(38-64)27-46(26-44)39-64/h13-16,18-21,28-33,41-46,66-67H,8-11,22-27,34-39H2,1-7H3. The molecule has 5 aromatic rings. The molecule has 0 aliphatic heterocycles. The van der Waals surface area contributed by atoms with E-state index in [-0.39, 0.29) is 21.7 Å². The number of phenols is 2. The van der Waals surface area contributed by atoms with Crippen LogP contribution in [0, 0.1) is 47.3 Å². The van der Waals surface area contributed by atoms with Gasteiger partial charge in [0, 0.05) is 45.4 Å². The van der Waals surface area contributed by atoms with E-state index in [0.717, 1.165) is 98.7 Å². The van der Waals surface area contributed by atoms with Gasteiger partial charge in [0.15, 0.2) is 0 Å². The Morgan fingerprint density at radius 2 is 0.881 bits per heavy atom. The molecule has 0 spiro atoms. The van der Waals surface area contributed by atoms with Crippen molar-refractivity contribution in [2.24, 2.45) is 35.5 Å². The molecule has 1 heterocycles. The van der Waals surface area contributed by atoms with Crippen molar-refractivity contribution in [3.05, 3.63) is 113 Å². The number of phenolic OH excluding ortho intramolecular Hbond substituents is 2. The van der Waals surface area contributed by atoms with E-state index in [9.17, 15) is 10.2 Å². The zero-order chi connectivity index (χ0) is 46.5. The van der Waals surface area contributed by atoms with Crippen molar-refractivity contribution in [1.82, 2.24) is 4.98 Å². The van der Waals surface area contributed by atoms with Crippen LogP contribution in [0.15, 0.2) is 84.9 Å². The minimum Gasteiger partial charge on any atom is -0.507 e. The summed E-state index contributed by atoms with van der Waals surface area (Å²) in [5.74, 6) is 12.7. The summed E-state index contributed by atoms with van der Waals surface area (Å²) in [5, 5.41) is 25.7. The fourth-order valence-corrected chi connectivity index (χ4v) is 15.6. The van der Waals surface area contributed by atoms with Gasteiger partial charge in [-0.05, 0) is 187 Å². The topological polar surface area (TPSA) is 53.4 Å². The van der Waals surface area contributed by atoms with Crippen LogP contribution in [0.2, 0.25) is 0 Å². The number of hydrogen-bond donors (Lipinski definition) is 2. The number of benzene rings is 4. The van der Waals surface area contributed by atoms with Gasteiger partial charge in [-0.3, -0.25) is 0 Å². The second kappa shape index (κ2) is 16.7. The lowest BCUT2D eigenvalue weighted by molar-refractivity contribution is -0.00631. The van der Waals surface area contributed by atoms with Crippen molar-refractivity contribution in [3.63, 3.8) is 0 Å². The summed E-state index contributed by atoms with van der Waals surface area (Å²) < 4.78 is 0. The molecular formula is C64H75NO2. The molecule has 8 bridgehead atoms. The molecule has 3 nitrogen and oxygen atoms in total. The van der Waals surface area contributed by atoms with Gasteiger partial charge >= 0.3 is 0 Å². The van der Waals surface area contributed by atoms with E-state index in [4.69, 9.17) is 4.98 Å². The number of nitrogens with zero attached hydrogens (tertiary/aromatic N) is 1. The second-order valence-electron chi connectivity index (χ2n) is 25.2. The summed E-state index contributed by atoms with van der Waals surface area (Å²) in [6, 6.07) is 30.9. The molecule has 2 N–H and O–H groups in total. The molecule has 8 fully saturated rings. The van der Waals surface area contributed by atoms with Crippen molar-refractivity contribution < 1.29 is 10.2 Å². The number of hydrogen-bond acceptors (Lipinski definition) is 3. The molecule has 0 radical (unpaired) electrons. The zero-order valence-electron chi connectivity index (χ0n) is 41.7. The molecule has 4 aromatic carbocycles. The molecule has 13 rings (SSSR count). The lowest BCUT2D eigenvalue weighted by Gasteiger charge is -2.57. The lowest BCUT2D eigenvalue weighted by Crippen LogP contribution is -2.48. The average Bonchev–Trinajstić information content (AvgIpc) is 3.27. The van der Waals surface area contributed by atoms with Crippen molar-refractivity contribution in [2.75, 3.05) is 0 Å². The van der Waals surface area contributed by atoms with Crippen LogP contribution in [-0.4, -0.2) is 15.2 Å². The smallest absolute Gasteiger partial charge is 0.127 e. The molecule has 8 saturated carbocycles. The highest BCUT2D eigenvalue weighted by Gasteiger charge is 2.54. The second-order valence-corrected chi connectivity index (χ2v) is 25.2. The maximum atomic E-state index is 12.8. The van der Waals surface area contributed by atoms with Gasteiger partial charge in [-0.15, -0.1) is 0 Å². The fourth-order valence-electron chi connectivity index (χ4n) is 15.6. The van der Waals surface area contributed by atoms with Crippen LogP contribution in [0.5, 0.6) is 11.5 Å². The van der Waals surface area contributed by atoms with Crippen LogP contribution in [0.4, 0.5) is 0 Å². The van der Waals surface area contributed by atoms with Crippen molar-refractivity contribution >= 4 is 0 Å². The maximum absolute atomic E-state index is 12.8. The molecule has 0 saturated heterocycles. The predicted molar refractivity (Wildman–Crippen MR) is 277 cm³/mol. The molecule has 348 valence electrons. The summed E-state index contributed by atoms with van der Waals surface area (Å²) in [6.07, 6.45) is 19.7. The minimum atomic E-state index is -0.0950. The first-order valence-corrected chi connectivity index (χ1v) is 26.5. The predicted octanol–water partition coefficient (Wildman–Crippen LogP) is 16.6. The summed E-state index contributed by atoms with van der Waals surface area (Å²) in [7, 11) is 0. The summed E-state index contributed by atoms with van der Waals surface area (Å²) in [4.78, 5) is 5.63. The zero-order valence-corrected chi connectivity index (χ0v) is 41.7. The normalized spacial score (nSPS) is 28.2. The van der Waals surface area contributed by atoms with Gasteiger partial charge in [0.25, 0.3) is 0 Å². The molecular weight excluding hydrogens is 815 g/mol. The quantitative estimate of drug-likeness (QED) is 0.115. The highest BCUT2D eigenvalue weighted by molar-refractivity contribution is 5.90. The molecule has 1 aromatic heterocycles. The Kier molecular flexibility index (Phi) is 11.1. The average molecular weight is 890 g/mol. The minimum absolute atomic E-state index is 0.0393. The van der Waals surface area contributed by atoms with Gasteiger partial charge in [-0.25, -0.2) is 4.98 Å². The van der Waals surface area contributed by atoms with Gasteiger partial charge in [0.2, 0.25) is 0 Å². The summed E-state index contributed by atoms with van der Waals surface area (Å²) in [6.45, 7) is 16.1. The number of aromatic hydroxyl groups is 2. The Balaban J connectivity index is 1.07. The fraction of sp³-hybridized carbons (Fsp3) is 0.516. The Morgan fingerprint density at radius 3 is 1.24 bits per heavy atom. The lowest BCUT2D eigenvalue weighted by atomic mass is 9.47. The van der Waals surface area contributed by atoms with Crippen LogP contribution in [0.25, 0.3) is 44.8 Å². The Bertz CT molecular complexity index is 2540. The van der Waals surface area contributed by atoms with E-state index in [0.29, 0.717) is 11.5 Å². The van der Waals surface area contributed by atoms with Gasteiger partial charge in [-0.2, -0.15) is 0 Å². The number of rotatable bonds is 9. The van der Waals surface area contributed by atoms with Gasteiger partial charge in [0.05, 0.1) is 11.4 Å². The van der Waals surface area contributed by atoms with Gasteiger partial charge in [-0.1, -0.05) is 134 Å². The first-order chi connectivity index (χ1) is 32.1. The maximum Gasteiger partial charge on any atom is 0.127 e. The highest BCUT2D eigenvalue weighted by atomic mass is 16.3. The SMILES string of the molecule is CCCCCC#Cc1cc(-c2ccccc2-c2cc(C(C)(C)C)cc(C34CC5CC(CC(C5)C3)C4)c2O)nc(-c2ccccc2-c2cc(C(C)(C)C)cc(C34CC5CC(CC(C5)C3)C4)c2O)c1. The first-order valence-electron chi connectivity index (χ1n) is 26.5. The van der Waals surface area contributed by atoms with Gasteiger partial charge < -0.3 is 10.2 Å². The van der Waals surface area contributed by atoms with Crippen LogP contribution in [0.1, 0.15) is 179 Å².